The van der Waals surface area contributed by atoms with Crippen molar-refractivity contribution in [3.63, 3.8) is 0 Å². The molecule has 8 nitrogen and oxygen atoms in total. The first-order valence-electron chi connectivity index (χ1n) is 10.4. The molecule has 1 fully saturated rings. The maximum Gasteiger partial charge on any atom is 0.416 e. The van der Waals surface area contributed by atoms with Gasteiger partial charge in [0.2, 0.25) is 5.91 Å². The zero-order valence-electron chi connectivity index (χ0n) is 18.2. The second-order valence-corrected chi connectivity index (χ2v) is 7.94. The summed E-state index contributed by atoms with van der Waals surface area (Å²) < 4.78 is 41.7. The molecule has 11 heteroatoms. The number of halogens is 3. The number of amides is 1. The number of benzene rings is 1. The molecular weight excluding hydrogens is 437 g/mol. The fraction of sp³-hybridized carbons (Fsp3) is 0.364. The maximum atomic E-state index is 13.0. The van der Waals surface area contributed by atoms with Gasteiger partial charge in [0.15, 0.2) is 5.82 Å². The van der Waals surface area contributed by atoms with E-state index in [2.05, 4.69) is 10.2 Å². The molecule has 1 aliphatic rings. The third kappa shape index (κ3) is 4.91. The van der Waals surface area contributed by atoms with Crippen LogP contribution in [0.15, 0.2) is 47.3 Å². The number of nitrogens with zero attached hydrogens (tertiary/aromatic N) is 6. The van der Waals surface area contributed by atoms with Crippen molar-refractivity contribution >= 4 is 11.6 Å². The van der Waals surface area contributed by atoms with Crippen molar-refractivity contribution in [3.05, 3.63) is 69.8 Å². The van der Waals surface area contributed by atoms with E-state index in [1.807, 2.05) is 24.8 Å². The average molecular weight is 460 g/mol. The topological polar surface area (TPSA) is 76.3 Å². The SMILES string of the molecule is Cc1cc(C)n(-c2ccc(=O)n(CC(=O)N3CCN(c4cccc(C(F)(F)F)c4)CC3)n2)n1. The largest absolute Gasteiger partial charge is 0.416 e. The molecule has 4 rings (SSSR count). The highest BCUT2D eigenvalue weighted by atomic mass is 19.4. The van der Waals surface area contributed by atoms with Crippen molar-refractivity contribution < 1.29 is 18.0 Å². The van der Waals surface area contributed by atoms with Crippen molar-refractivity contribution in [1.82, 2.24) is 24.5 Å². The van der Waals surface area contributed by atoms with Gasteiger partial charge in [0.05, 0.1) is 11.3 Å². The minimum Gasteiger partial charge on any atom is -0.368 e. The Morgan fingerprint density at radius 3 is 2.36 bits per heavy atom. The number of aryl methyl sites for hydroxylation is 2. The molecule has 0 aliphatic carbocycles. The van der Waals surface area contributed by atoms with Crippen LogP contribution < -0.4 is 10.5 Å². The van der Waals surface area contributed by atoms with Crippen LogP contribution in [0.5, 0.6) is 0 Å². The summed E-state index contributed by atoms with van der Waals surface area (Å²) in [4.78, 5) is 28.5. The Morgan fingerprint density at radius 2 is 1.73 bits per heavy atom. The van der Waals surface area contributed by atoms with E-state index < -0.39 is 17.3 Å². The summed E-state index contributed by atoms with van der Waals surface area (Å²) in [6.07, 6.45) is -4.41. The first kappa shape index (κ1) is 22.6. The van der Waals surface area contributed by atoms with Crippen LogP contribution in [0.4, 0.5) is 18.9 Å². The number of rotatable bonds is 4. The lowest BCUT2D eigenvalue weighted by atomic mass is 10.1. The molecule has 1 amide bonds. The van der Waals surface area contributed by atoms with Crippen molar-refractivity contribution in [2.45, 2.75) is 26.6 Å². The molecule has 33 heavy (non-hydrogen) atoms. The second-order valence-electron chi connectivity index (χ2n) is 7.94. The number of alkyl halides is 3. The Kier molecular flexibility index (Phi) is 5.96. The molecule has 0 unspecified atom stereocenters. The Morgan fingerprint density at radius 1 is 1.00 bits per heavy atom. The van der Waals surface area contributed by atoms with Crippen LogP contribution in [0.1, 0.15) is 17.0 Å². The van der Waals surface area contributed by atoms with E-state index in [0.29, 0.717) is 37.7 Å². The lowest BCUT2D eigenvalue weighted by molar-refractivity contribution is -0.137. The van der Waals surface area contributed by atoms with Crippen molar-refractivity contribution in [3.8, 4) is 5.82 Å². The van der Waals surface area contributed by atoms with Gasteiger partial charge >= 0.3 is 6.18 Å². The predicted molar refractivity (Wildman–Crippen MR) is 115 cm³/mol. The van der Waals surface area contributed by atoms with E-state index in [1.54, 1.807) is 21.7 Å². The first-order valence-corrected chi connectivity index (χ1v) is 10.4. The van der Waals surface area contributed by atoms with Crippen LogP contribution in [-0.2, 0) is 17.5 Å². The minimum absolute atomic E-state index is 0.227. The van der Waals surface area contributed by atoms with Gasteiger partial charge in [0, 0.05) is 43.6 Å². The van der Waals surface area contributed by atoms with E-state index in [1.165, 1.54) is 12.1 Å². The molecule has 3 aromatic rings. The summed E-state index contributed by atoms with van der Waals surface area (Å²) in [6, 6.07) is 9.93. The van der Waals surface area contributed by atoms with E-state index in [9.17, 15) is 22.8 Å². The normalized spacial score (nSPS) is 14.6. The first-order chi connectivity index (χ1) is 15.6. The molecule has 0 spiro atoms. The summed E-state index contributed by atoms with van der Waals surface area (Å²) >= 11 is 0. The summed E-state index contributed by atoms with van der Waals surface area (Å²) in [5.74, 6) is 0.154. The summed E-state index contributed by atoms with van der Waals surface area (Å²) in [5, 5.41) is 8.63. The summed E-state index contributed by atoms with van der Waals surface area (Å²) in [7, 11) is 0. The monoisotopic (exact) mass is 460 g/mol. The fourth-order valence-corrected chi connectivity index (χ4v) is 3.85. The van der Waals surface area contributed by atoms with Crippen LogP contribution in [0.25, 0.3) is 5.82 Å². The van der Waals surface area contributed by atoms with Crippen molar-refractivity contribution in [2.75, 3.05) is 31.1 Å². The highest BCUT2D eigenvalue weighted by molar-refractivity contribution is 5.76. The predicted octanol–water partition coefficient (Wildman–Crippen LogP) is 2.41. The zero-order chi connectivity index (χ0) is 23.8. The highest BCUT2D eigenvalue weighted by Gasteiger charge is 2.31. The van der Waals surface area contributed by atoms with Crippen LogP contribution in [0.2, 0.25) is 0 Å². The van der Waals surface area contributed by atoms with E-state index in [-0.39, 0.29) is 12.5 Å². The number of anilines is 1. The second kappa shape index (κ2) is 8.72. The number of carbonyl (C=O) groups excluding carboxylic acids is 1. The third-order valence-electron chi connectivity index (χ3n) is 5.54. The molecule has 0 N–H and O–H groups in total. The third-order valence-corrected chi connectivity index (χ3v) is 5.54. The Bertz CT molecular complexity index is 1230. The molecule has 0 saturated carbocycles. The number of aromatic nitrogens is 4. The molecule has 1 saturated heterocycles. The van der Waals surface area contributed by atoms with Crippen molar-refractivity contribution in [1.29, 1.82) is 0 Å². The fourth-order valence-electron chi connectivity index (χ4n) is 3.85. The lowest BCUT2D eigenvalue weighted by Gasteiger charge is -2.36. The summed E-state index contributed by atoms with van der Waals surface area (Å²) in [6.45, 7) is 4.94. The Balaban J connectivity index is 1.42. The van der Waals surface area contributed by atoms with E-state index in [0.717, 1.165) is 28.2 Å². The molecule has 1 aromatic carbocycles. The minimum atomic E-state index is -4.41. The molecule has 0 radical (unpaired) electrons. The van der Waals surface area contributed by atoms with Crippen LogP contribution in [-0.4, -0.2) is 56.5 Å². The van der Waals surface area contributed by atoms with Crippen molar-refractivity contribution in [2.24, 2.45) is 0 Å². The van der Waals surface area contributed by atoms with Gasteiger partial charge in [-0.15, -0.1) is 5.10 Å². The zero-order valence-corrected chi connectivity index (χ0v) is 18.2. The molecule has 0 bridgehead atoms. The molecule has 1 aliphatic heterocycles. The van der Waals surface area contributed by atoms with Gasteiger partial charge in [-0.2, -0.15) is 18.3 Å². The number of carbonyl (C=O) groups is 1. The lowest BCUT2D eigenvalue weighted by Crippen LogP contribution is -2.50. The van der Waals surface area contributed by atoms with Gasteiger partial charge in [-0.3, -0.25) is 9.59 Å². The van der Waals surface area contributed by atoms with E-state index >= 15 is 0 Å². The standard InChI is InChI=1S/C22H23F3N6O2/c1-15-12-16(2)31(26-15)19-6-7-20(32)30(27-19)14-21(33)29-10-8-28(9-11-29)18-5-3-4-17(13-18)22(23,24)25/h3-7,12-13H,8-11,14H2,1-2H3. The van der Waals surface area contributed by atoms with Gasteiger partial charge < -0.3 is 9.80 Å². The smallest absolute Gasteiger partial charge is 0.368 e. The quantitative estimate of drug-likeness (QED) is 0.598. The number of piperazine rings is 1. The molecule has 174 valence electrons. The summed E-state index contributed by atoms with van der Waals surface area (Å²) in [5.41, 5.74) is 1.01. The van der Waals surface area contributed by atoms with E-state index in [4.69, 9.17) is 0 Å². The average Bonchev–Trinajstić information content (AvgIpc) is 3.12. The van der Waals surface area contributed by atoms with Gasteiger partial charge in [-0.25, -0.2) is 9.36 Å². The number of hydrogen-bond acceptors (Lipinski definition) is 5. The van der Waals surface area contributed by atoms with Gasteiger partial charge in [-0.05, 0) is 44.2 Å². The molecule has 3 heterocycles. The molecule has 0 atom stereocenters. The van der Waals surface area contributed by atoms with Gasteiger partial charge in [0.1, 0.15) is 6.54 Å². The maximum absolute atomic E-state index is 13.0. The molecular formula is C22H23F3N6O2. The Labute approximate surface area is 187 Å². The van der Waals surface area contributed by atoms with Crippen LogP contribution >= 0.6 is 0 Å². The number of hydrogen-bond donors (Lipinski definition) is 0. The molecule has 2 aromatic heterocycles. The van der Waals surface area contributed by atoms with Crippen LogP contribution in [0.3, 0.4) is 0 Å². The Hall–Kier alpha value is -3.63. The highest BCUT2D eigenvalue weighted by Crippen LogP contribution is 2.31. The van der Waals surface area contributed by atoms with Crippen LogP contribution in [0, 0.1) is 13.8 Å². The van der Waals surface area contributed by atoms with Gasteiger partial charge in [0.25, 0.3) is 5.56 Å². The van der Waals surface area contributed by atoms with Gasteiger partial charge in [-0.1, -0.05) is 6.07 Å².